The number of hydrogen-bond acceptors (Lipinski definition) is 2. The van der Waals surface area contributed by atoms with Crippen LogP contribution >= 0.6 is 0 Å². The van der Waals surface area contributed by atoms with Crippen molar-refractivity contribution in [2.45, 2.75) is 6.92 Å². The van der Waals surface area contributed by atoms with Crippen molar-refractivity contribution in [2.75, 3.05) is 0 Å². The Morgan fingerprint density at radius 2 is 1.50 bits per heavy atom. The second-order valence-corrected chi connectivity index (χ2v) is 5.74. The standard InChI is InChI=1S/C21H17N3/c1-16-10-12-17(13-11-16)21-15-20(19-9-5-6-14-22-19)23-24(21)18-7-3-2-4-8-18/h2-15H,1H3. The van der Waals surface area contributed by atoms with E-state index in [0.29, 0.717) is 0 Å². The average Bonchev–Trinajstić information content (AvgIpc) is 3.09. The molecule has 0 aliphatic rings. The zero-order valence-electron chi connectivity index (χ0n) is 13.4. The molecule has 3 nitrogen and oxygen atoms in total. The summed E-state index contributed by atoms with van der Waals surface area (Å²) in [5, 5.41) is 4.80. The SMILES string of the molecule is Cc1ccc(-c2cc(-c3ccccn3)nn2-c2ccccc2)cc1. The molecule has 0 spiro atoms. The van der Waals surface area contributed by atoms with Gasteiger partial charge in [-0.1, -0.05) is 54.1 Å². The quantitative estimate of drug-likeness (QED) is 0.538. The molecule has 0 saturated carbocycles. The van der Waals surface area contributed by atoms with Crippen molar-refractivity contribution in [3.8, 4) is 28.3 Å². The van der Waals surface area contributed by atoms with Crippen LogP contribution in [0, 0.1) is 6.92 Å². The second kappa shape index (κ2) is 6.13. The van der Waals surface area contributed by atoms with Gasteiger partial charge in [0.2, 0.25) is 0 Å². The number of rotatable bonds is 3. The van der Waals surface area contributed by atoms with Gasteiger partial charge in [0.15, 0.2) is 0 Å². The summed E-state index contributed by atoms with van der Waals surface area (Å²) in [4.78, 5) is 4.43. The van der Waals surface area contributed by atoms with Crippen molar-refractivity contribution in [2.24, 2.45) is 0 Å². The summed E-state index contributed by atoms with van der Waals surface area (Å²) >= 11 is 0. The molecule has 3 heteroatoms. The van der Waals surface area contributed by atoms with Crippen LogP contribution < -0.4 is 0 Å². The molecule has 0 bridgehead atoms. The van der Waals surface area contributed by atoms with Crippen molar-refractivity contribution >= 4 is 0 Å². The minimum atomic E-state index is 0.870. The highest BCUT2D eigenvalue weighted by Gasteiger charge is 2.13. The van der Waals surface area contributed by atoms with Crippen LogP contribution in [0.1, 0.15) is 5.56 Å². The van der Waals surface area contributed by atoms with Crippen LogP contribution in [0.4, 0.5) is 0 Å². The molecule has 2 aromatic heterocycles. The monoisotopic (exact) mass is 311 g/mol. The maximum atomic E-state index is 4.80. The van der Waals surface area contributed by atoms with Gasteiger partial charge in [-0.3, -0.25) is 4.98 Å². The van der Waals surface area contributed by atoms with E-state index >= 15 is 0 Å². The number of aromatic nitrogens is 3. The van der Waals surface area contributed by atoms with Gasteiger partial charge >= 0.3 is 0 Å². The summed E-state index contributed by atoms with van der Waals surface area (Å²) in [5.74, 6) is 0. The van der Waals surface area contributed by atoms with Gasteiger partial charge in [-0.2, -0.15) is 5.10 Å². The van der Waals surface area contributed by atoms with Crippen LogP contribution in [0.3, 0.4) is 0 Å². The molecule has 4 aromatic rings. The average molecular weight is 311 g/mol. The molecule has 2 heterocycles. The highest BCUT2D eigenvalue weighted by atomic mass is 15.3. The second-order valence-electron chi connectivity index (χ2n) is 5.74. The van der Waals surface area contributed by atoms with E-state index in [1.165, 1.54) is 5.56 Å². The molecule has 0 aliphatic heterocycles. The van der Waals surface area contributed by atoms with Crippen molar-refractivity contribution in [1.82, 2.24) is 14.8 Å². The maximum absolute atomic E-state index is 4.80. The molecule has 0 unspecified atom stereocenters. The van der Waals surface area contributed by atoms with Crippen LogP contribution in [-0.4, -0.2) is 14.8 Å². The van der Waals surface area contributed by atoms with Crippen molar-refractivity contribution in [1.29, 1.82) is 0 Å². The number of benzene rings is 2. The number of pyridine rings is 1. The number of hydrogen-bond donors (Lipinski definition) is 0. The molecule has 0 saturated heterocycles. The molecule has 0 radical (unpaired) electrons. The smallest absolute Gasteiger partial charge is 0.112 e. The molecule has 24 heavy (non-hydrogen) atoms. The Morgan fingerprint density at radius 1 is 0.750 bits per heavy atom. The highest BCUT2D eigenvalue weighted by molar-refractivity contribution is 5.69. The van der Waals surface area contributed by atoms with E-state index in [1.54, 1.807) is 6.20 Å². The topological polar surface area (TPSA) is 30.7 Å². The summed E-state index contributed by atoms with van der Waals surface area (Å²) in [6, 6.07) is 26.7. The Labute approximate surface area is 141 Å². The van der Waals surface area contributed by atoms with E-state index < -0.39 is 0 Å². The first kappa shape index (κ1) is 14.4. The summed E-state index contributed by atoms with van der Waals surface area (Å²) in [5.41, 5.74) is 6.22. The van der Waals surface area contributed by atoms with Crippen molar-refractivity contribution < 1.29 is 0 Å². The first-order valence-corrected chi connectivity index (χ1v) is 7.95. The molecule has 0 atom stereocenters. The summed E-state index contributed by atoms with van der Waals surface area (Å²) in [6.45, 7) is 2.09. The van der Waals surface area contributed by atoms with Gasteiger partial charge in [0.25, 0.3) is 0 Å². The third-order valence-corrected chi connectivity index (χ3v) is 3.98. The Hall–Kier alpha value is -3.20. The lowest BCUT2D eigenvalue weighted by atomic mass is 10.1. The zero-order valence-corrected chi connectivity index (χ0v) is 13.4. The largest absolute Gasteiger partial charge is 0.255 e. The van der Waals surface area contributed by atoms with E-state index in [-0.39, 0.29) is 0 Å². The molecular formula is C21H17N3. The molecule has 0 N–H and O–H groups in total. The number of aryl methyl sites for hydroxylation is 1. The molecule has 2 aromatic carbocycles. The first-order valence-electron chi connectivity index (χ1n) is 7.95. The first-order chi connectivity index (χ1) is 11.8. The minimum absolute atomic E-state index is 0.870. The van der Waals surface area contributed by atoms with Crippen LogP contribution in [0.15, 0.2) is 85.1 Å². The zero-order chi connectivity index (χ0) is 16.4. The molecule has 0 fully saturated rings. The van der Waals surface area contributed by atoms with Gasteiger partial charge < -0.3 is 0 Å². The maximum Gasteiger partial charge on any atom is 0.112 e. The lowest BCUT2D eigenvalue weighted by Gasteiger charge is -2.07. The fourth-order valence-corrected chi connectivity index (χ4v) is 2.72. The van der Waals surface area contributed by atoms with Crippen LogP contribution in [-0.2, 0) is 0 Å². The van der Waals surface area contributed by atoms with Gasteiger partial charge in [-0.15, -0.1) is 0 Å². The van der Waals surface area contributed by atoms with E-state index in [1.807, 2.05) is 41.1 Å². The third kappa shape index (κ3) is 2.72. The van der Waals surface area contributed by atoms with E-state index in [2.05, 4.69) is 54.4 Å². The lowest BCUT2D eigenvalue weighted by molar-refractivity contribution is 0.890. The summed E-state index contributed by atoms with van der Waals surface area (Å²) in [7, 11) is 0. The fraction of sp³-hybridized carbons (Fsp3) is 0.0476. The predicted octanol–water partition coefficient (Wildman–Crippen LogP) is 4.91. The van der Waals surface area contributed by atoms with Crippen LogP contribution in [0.25, 0.3) is 28.3 Å². The van der Waals surface area contributed by atoms with E-state index in [4.69, 9.17) is 5.10 Å². The molecule has 116 valence electrons. The third-order valence-electron chi connectivity index (χ3n) is 3.98. The predicted molar refractivity (Wildman–Crippen MR) is 97.0 cm³/mol. The van der Waals surface area contributed by atoms with Gasteiger partial charge in [-0.25, -0.2) is 4.68 Å². The fourth-order valence-electron chi connectivity index (χ4n) is 2.72. The van der Waals surface area contributed by atoms with Crippen molar-refractivity contribution in [3.63, 3.8) is 0 Å². The summed E-state index contributed by atoms with van der Waals surface area (Å²) in [6.07, 6.45) is 1.79. The number of nitrogens with zero attached hydrogens (tertiary/aromatic N) is 3. The molecule has 4 rings (SSSR count). The van der Waals surface area contributed by atoms with Crippen molar-refractivity contribution in [3.05, 3.63) is 90.6 Å². The Balaban J connectivity index is 1.90. The van der Waals surface area contributed by atoms with Crippen LogP contribution in [0.2, 0.25) is 0 Å². The molecule has 0 amide bonds. The van der Waals surface area contributed by atoms with Gasteiger partial charge in [0.1, 0.15) is 5.69 Å². The van der Waals surface area contributed by atoms with Gasteiger partial charge in [0.05, 0.1) is 17.1 Å². The minimum Gasteiger partial charge on any atom is -0.255 e. The molecule has 0 aliphatic carbocycles. The highest BCUT2D eigenvalue weighted by Crippen LogP contribution is 2.28. The summed E-state index contributed by atoms with van der Waals surface area (Å²) < 4.78 is 1.98. The Bertz CT molecular complexity index is 940. The Morgan fingerprint density at radius 3 is 2.21 bits per heavy atom. The van der Waals surface area contributed by atoms with Crippen LogP contribution in [0.5, 0.6) is 0 Å². The number of para-hydroxylation sites is 1. The van der Waals surface area contributed by atoms with E-state index in [0.717, 1.165) is 28.3 Å². The van der Waals surface area contributed by atoms with E-state index in [9.17, 15) is 0 Å². The normalized spacial score (nSPS) is 10.7. The Kier molecular flexibility index (Phi) is 3.67. The lowest BCUT2D eigenvalue weighted by Crippen LogP contribution is -1.99. The molecular weight excluding hydrogens is 294 g/mol. The van der Waals surface area contributed by atoms with Gasteiger partial charge in [-0.05, 0) is 37.3 Å². The van der Waals surface area contributed by atoms with Gasteiger partial charge in [0, 0.05) is 11.8 Å².